The van der Waals surface area contributed by atoms with Gasteiger partial charge in [0, 0.05) is 46.0 Å². The van der Waals surface area contributed by atoms with Crippen molar-refractivity contribution in [3.63, 3.8) is 0 Å². The predicted molar refractivity (Wildman–Crippen MR) is 95.9 cm³/mol. The fourth-order valence-corrected chi connectivity index (χ4v) is 9.38. The Hall–Kier alpha value is 0.0169. The molecular formula is C17H36N2O3Si. The number of rotatable bonds is 8. The molecule has 0 spiro atoms. The maximum Gasteiger partial charge on any atom is 0.278 e. The maximum absolute atomic E-state index is 6.55. The van der Waals surface area contributed by atoms with Gasteiger partial charge in [0.2, 0.25) is 5.53 Å². The first-order valence-electron chi connectivity index (χ1n) is 9.49. The lowest BCUT2D eigenvalue weighted by Crippen LogP contribution is -2.74. The fraction of sp³-hybridized carbons (Fsp3) is 1.00. The minimum absolute atomic E-state index is 0.603. The predicted octanol–water partition coefficient (Wildman–Crippen LogP) is 2.67. The van der Waals surface area contributed by atoms with Gasteiger partial charge in [0.05, 0.1) is 0 Å². The van der Waals surface area contributed by atoms with Crippen molar-refractivity contribution in [1.82, 2.24) is 9.80 Å². The molecule has 23 heavy (non-hydrogen) atoms. The largest absolute Gasteiger partial charge is 0.410 e. The molecule has 136 valence electrons. The average molecular weight is 345 g/mol. The first kappa shape index (κ1) is 19.3. The van der Waals surface area contributed by atoms with Crippen molar-refractivity contribution < 1.29 is 13.9 Å². The van der Waals surface area contributed by atoms with Crippen LogP contribution in [0, 0.1) is 0 Å². The van der Waals surface area contributed by atoms with Crippen LogP contribution in [0.1, 0.15) is 40.0 Å². The molecule has 0 aromatic rings. The lowest BCUT2D eigenvalue weighted by atomic mass is 10.3. The van der Waals surface area contributed by atoms with Crippen LogP contribution in [0.3, 0.4) is 0 Å². The van der Waals surface area contributed by atoms with Crippen molar-refractivity contribution >= 4 is 8.32 Å². The molecule has 6 heteroatoms. The molecule has 2 saturated heterocycles. The summed E-state index contributed by atoms with van der Waals surface area (Å²) in [6, 6.07) is 2.32. The summed E-state index contributed by atoms with van der Waals surface area (Å²) in [7, 11) is 0.0404. The minimum Gasteiger partial charge on any atom is -0.410 e. The molecule has 0 saturated carbocycles. The van der Waals surface area contributed by atoms with Crippen LogP contribution in [0.5, 0.6) is 0 Å². The standard InChI is InChI=1S/C17H36N2O3Si/c1-5-20-17(21-6-2,19-13-11-18(4)12-14-19)23(22-7-3)15-9-8-10-16-23/h5-16H2,1-4H3. The number of hydrogen-bond acceptors (Lipinski definition) is 5. The van der Waals surface area contributed by atoms with E-state index >= 15 is 0 Å². The fourth-order valence-electron chi connectivity index (χ4n) is 4.22. The normalized spacial score (nSPS) is 24.0. The van der Waals surface area contributed by atoms with Gasteiger partial charge in [-0.2, -0.15) is 0 Å². The second kappa shape index (κ2) is 8.92. The van der Waals surface area contributed by atoms with Crippen molar-refractivity contribution in [2.75, 3.05) is 53.0 Å². The average Bonchev–Trinajstić information content (AvgIpc) is 2.56. The summed E-state index contributed by atoms with van der Waals surface area (Å²) in [4.78, 5) is 4.85. The van der Waals surface area contributed by atoms with Crippen LogP contribution in [0.25, 0.3) is 0 Å². The molecule has 0 unspecified atom stereocenters. The monoisotopic (exact) mass is 344 g/mol. The molecule has 0 bridgehead atoms. The number of likely N-dealkylation sites (N-methyl/N-ethyl adjacent to an activating group) is 1. The van der Waals surface area contributed by atoms with Gasteiger partial charge < -0.3 is 18.8 Å². The van der Waals surface area contributed by atoms with E-state index in [1.54, 1.807) is 0 Å². The third-order valence-corrected chi connectivity index (χ3v) is 10.2. The van der Waals surface area contributed by atoms with Crippen molar-refractivity contribution in [3.8, 4) is 0 Å². The van der Waals surface area contributed by atoms with Gasteiger partial charge in [0.15, 0.2) is 0 Å². The molecule has 0 radical (unpaired) electrons. The van der Waals surface area contributed by atoms with E-state index in [1.165, 1.54) is 19.3 Å². The number of piperazine rings is 1. The van der Waals surface area contributed by atoms with Gasteiger partial charge in [0.1, 0.15) is 0 Å². The Bertz CT molecular complexity index is 331. The third-order valence-electron chi connectivity index (χ3n) is 5.26. The molecule has 0 atom stereocenters. The quantitative estimate of drug-likeness (QED) is 0.499. The van der Waals surface area contributed by atoms with Gasteiger partial charge in [0.25, 0.3) is 8.32 Å². The molecule has 0 aliphatic carbocycles. The first-order chi connectivity index (χ1) is 11.1. The molecule has 0 aromatic carbocycles. The summed E-state index contributed by atoms with van der Waals surface area (Å²) in [6.45, 7) is 12.5. The highest BCUT2D eigenvalue weighted by molar-refractivity contribution is 6.76. The summed E-state index contributed by atoms with van der Waals surface area (Å²) in [5.41, 5.74) is -0.603. The molecule has 2 rings (SSSR count). The Morgan fingerprint density at radius 2 is 1.39 bits per heavy atom. The SMILES string of the molecule is CCOC(OCC)(N1CCN(C)CC1)[Si]1(OCC)CCCCC1. The van der Waals surface area contributed by atoms with E-state index < -0.39 is 13.9 Å². The summed E-state index contributed by atoms with van der Waals surface area (Å²) in [5, 5.41) is 0. The maximum atomic E-state index is 6.55. The lowest BCUT2D eigenvalue weighted by Gasteiger charge is -2.55. The van der Waals surface area contributed by atoms with Crippen LogP contribution in [0.4, 0.5) is 0 Å². The van der Waals surface area contributed by atoms with Crippen LogP contribution in [0.2, 0.25) is 12.1 Å². The summed E-state index contributed by atoms with van der Waals surface area (Å²) in [6.07, 6.45) is 3.82. The molecule has 0 N–H and O–H groups in total. The first-order valence-corrected chi connectivity index (χ1v) is 11.8. The van der Waals surface area contributed by atoms with Crippen LogP contribution >= 0.6 is 0 Å². The number of nitrogens with zero attached hydrogens (tertiary/aromatic N) is 2. The zero-order valence-electron chi connectivity index (χ0n) is 15.6. The molecule has 2 heterocycles. The van der Waals surface area contributed by atoms with Crippen molar-refractivity contribution in [2.24, 2.45) is 0 Å². The van der Waals surface area contributed by atoms with E-state index in [9.17, 15) is 0 Å². The van der Waals surface area contributed by atoms with E-state index in [4.69, 9.17) is 13.9 Å². The van der Waals surface area contributed by atoms with Crippen LogP contribution in [0.15, 0.2) is 0 Å². The Morgan fingerprint density at radius 3 is 1.87 bits per heavy atom. The Morgan fingerprint density at radius 1 is 0.826 bits per heavy atom. The topological polar surface area (TPSA) is 34.2 Å². The minimum atomic E-state index is -2.15. The Kier molecular flexibility index (Phi) is 7.50. The highest BCUT2D eigenvalue weighted by Crippen LogP contribution is 2.42. The van der Waals surface area contributed by atoms with Gasteiger partial charge in [-0.15, -0.1) is 0 Å². The van der Waals surface area contributed by atoms with Crippen molar-refractivity contribution in [2.45, 2.75) is 57.7 Å². The second-order valence-corrected chi connectivity index (χ2v) is 10.6. The summed E-state index contributed by atoms with van der Waals surface area (Å²) in [5.74, 6) is 0. The molecule has 2 aliphatic heterocycles. The van der Waals surface area contributed by atoms with Gasteiger partial charge in [-0.3, -0.25) is 4.90 Å². The zero-order chi connectivity index (χ0) is 16.8. The molecule has 2 aliphatic rings. The van der Waals surface area contributed by atoms with Gasteiger partial charge in [-0.1, -0.05) is 19.3 Å². The van der Waals surface area contributed by atoms with E-state index in [0.29, 0.717) is 13.2 Å². The lowest BCUT2D eigenvalue weighted by molar-refractivity contribution is -0.279. The Labute approximate surface area is 143 Å². The van der Waals surface area contributed by atoms with E-state index in [1.807, 2.05) is 0 Å². The van der Waals surface area contributed by atoms with E-state index in [2.05, 4.69) is 37.6 Å². The Balaban J connectivity index is 2.36. The summed E-state index contributed by atoms with van der Waals surface area (Å²) < 4.78 is 19.5. The molecule has 0 amide bonds. The molecular weight excluding hydrogens is 308 g/mol. The zero-order valence-corrected chi connectivity index (χ0v) is 16.6. The molecule has 2 fully saturated rings. The van der Waals surface area contributed by atoms with Crippen molar-refractivity contribution in [1.29, 1.82) is 0 Å². The summed E-state index contributed by atoms with van der Waals surface area (Å²) >= 11 is 0. The third kappa shape index (κ3) is 3.99. The highest BCUT2D eigenvalue weighted by Gasteiger charge is 2.61. The second-order valence-electron chi connectivity index (χ2n) is 6.73. The van der Waals surface area contributed by atoms with Crippen molar-refractivity contribution in [3.05, 3.63) is 0 Å². The van der Waals surface area contributed by atoms with Gasteiger partial charge >= 0.3 is 0 Å². The van der Waals surface area contributed by atoms with E-state index in [-0.39, 0.29) is 0 Å². The van der Waals surface area contributed by atoms with Crippen LogP contribution in [-0.2, 0) is 13.9 Å². The van der Waals surface area contributed by atoms with Crippen LogP contribution in [-0.4, -0.2) is 76.7 Å². The number of hydrogen-bond donors (Lipinski definition) is 0. The van der Waals surface area contributed by atoms with Gasteiger partial charge in [-0.25, -0.2) is 0 Å². The van der Waals surface area contributed by atoms with E-state index in [0.717, 1.165) is 44.9 Å². The highest BCUT2D eigenvalue weighted by atomic mass is 28.4. The van der Waals surface area contributed by atoms with Crippen LogP contribution < -0.4 is 0 Å². The van der Waals surface area contributed by atoms with Gasteiger partial charge in [-0.05, 0) is 39.9 Å². The number of ether oxygens (including phenoxy) is 2. The molecule has 5 nitrogen and oxygen atoms in total. The smallest absolute Gasteiger partial charge is 0.278 e. The molecule has 0 aromatic heterocycles.